The third-order valence-corrected chi connectivity index (χ3v) is 2.71. The lowest BCUT2D eigenvalue weighted by atomic mass is 9.72. The first-order chi connectivity index (χ1) is 5.09. The summed E-state index contributed by atoms with van der Waals surface area (Å²) in [6.07, 6.45) is 2.86. The quantitative estimate of drug-likeness (QED) is 0.660. The lowest BCUT2D eigenvalue weighted by Gasteiger charge is -2.38. The van der Waals surface area contributed by atoms with Gasteiger partial charge in [-0.2, -0.15) is 0 Å². The van der Waals surface area contributed by atoms with Crippen molar-refractivity contribution < 1.29 is 0 Å². The van der Waals surface area contributed by atoms with Crippen molar-refractivity contribution in [3.63, 3.8) is 0 Å². The van der Waals surface area contributed by atoms with Crippen molar-refractivity contribution in [1.29, 1.82) is 0 Å². The van der Waals surface area contributed by atoms with Crippen LogP contribution in [0.3, 0.4) is 0 Å². The van der Waals surface area contributed by atoms with Crippen molar-refractivity contribution in [3.05, 3.63) is 0 Å². The number of hydrogen-bond acceptors (Lipinski definition) is 1. The second kappa shape index (κ2) is 3.57. The molecule has 0 spiro atoms. The molecule has 1 N–H and O–H groups in total. The summed E-state index contributed by atoms with van der Waals surface area (Å²) in [5.41, 5.74) is 0. The van der Waals surface area contributed by atoms with E-state index in [0.717, 1.165) is 17.9 Å². The van der Waals surface area contributed by atoms with Crippen LogP contribution in [0.1, 0.15) is 40.5 Å². The predicted octanol–water partition coefficient (Wildman–Crippen LogP) is 2.42. The standard InChI is InChI=1S/C10H21N/c1-7(2)11-9(4)10-5-8(3)6-10/h7-11H,5-6H2,1-4H3. The Balaban J connectivity index is 2.16. The number of nitrogens with one attached hydrogen (secondary N) is 1. The molecule has 1 rings (SSSR count). The highest BCUT2D eigenvalue weighted by Crippen LogP contribution is 2.35. The van der Waals surface area contributed by atoms with Gasteiger partial charge in [0, 0.05) is 12.1 Å². The van der Waals surface area contributed by atoms with Gasteiger partial charge in [-0.15, -0.1) is 0 Å². The zero-order valence-corrected chi connectivity index (χ0v) is 8.22. The van der Waals surface area contributed by atoms with Crippen molar-refractivity contribution in [2.75, 3.05) is 0 Å². The molecule has 1 fully saturated rings. The van der Waals surface area contributed by atoms with Gasteiger partial charge in [-0.25, -0.2) is 0 Å². The summed E-state index contributed by atoms with van der Waals surface area (Å²) in [6.45, 7) is 9.10. The highest BCUT2D eigenvalue weighted by atomic mass is 14.9. The van der Waals surface area contributed by atoms with E-state index in [2.05, 4.69) is 33.0 Å². The Kier molecular flexibility index (Phi) is 2.94. The van der Waals surface area contributed by atoms with E-state index < -0.39 is 0 Å². The van der Waals surface area contributed by atoms with E-state index >= 15 is 0 Å². The molecule has 1 atom stereocenters. The lowest BCUT2D eigenvalue weighted by molar-refractivity contribution is 0.160. The van der Waals surface area contributed by atoms with Crippen LogP contribution in [0.25, 0.3) is 0 Å². The smallest absolute Gasteiger partial charge is 0.00695 e. The second-order valence-corrected chi connectivity index (χ2v) is 4.45. The second-order valence-electron chi connectivity index (χ2n) is 4.45. The molecule has 0 aliphatic heterocycles. The molecule has 0 saturated heterocycles. The Morgan fingerprint density at radius 2 is 1.73 bits per heavy atom. The van der Waals surface area contributed by atoms with E-state index in [1.54, 1.807) is 0 Å². The summed E-state index contributed by atoms with van der Waals surface area (Å²) in [5, 5.41) is 3.57. The number of hydrogen-bond donors (Lipinski definition) is 1. The normalized spacial score (nSPS) is 33.5. The van der Waals surface area contributed by atoms with Gasteiger partial charge < -0.3 is 5.32 Å². The summed E-state index contributed by atoms with van der Waals surface area (Å²) in [5.74, 6) is 1.93. The van der Waals surface area contributed by atoms with Gasteiger partial charge in [0.2, 0.25) is 0 Å². The highest BCUT2D eigenvalue weighted by molar-refractivity contribution is 4.84. The Labute approximate surface area is 70.6 Å². The molecule has 0 aromatic rings. The summed E-state index contributed by atoms with van der Waals surface area (Å²) in [7, 11) is 0. The van der Waals surface area contributed by atoms with E-state index in [4.69, 9.17) is 0 Å². The van der Waals surface area contributed by atoms with Gasteiger partial charge in [0.15, 0.2) is 0 Å². The van der Waals surface area contributed by atoms with E-state index in [1.165, 1.54) is 12.8 Å². The molecule has 66 valence electrons. The highest BCUT2D eigenvalue weighted by Gasteiger charge is 2.29. The van der Waals surface area contributed by atoms with Crippen LogP contribution in [-0.4, -0.2) is 12.1 Å². The predicted molar refractivity (Wildman–Crippen MR) is 49.6 cm³/mol. The molecule has 0 bridgehead atoms. The topological polar surface area (TPSA) is 12.0 Å². The largest absolute Gasteiger partial charge is 0.312 e. The van der Waals surface area contributed by atoms with Crippen LogP contribution in [-0.2, 0) is 0 Å². The van der Waals surface area contributed by atoms with Gasteiger partial charge in [-0.1, -0.05) is 20.8 Å². The van der Waals surface area contributed by atoms with E-state index in [-0.39, 0.29) is 0 Å². The fourth-order valence-corrected chi connectivity index (χ4v) is 2.03. The average Bonchev–Trinajstić information content (AvgIpc) is 1.79. The molecular weight excluding hydrogens is 134 g/mol. The fraction of sp³-hybridized carbons (Fsp3) is 1.00. The van der Waals surface area contributed by atoms with Crippen molar-refractivity contribution in [3.8, 4) is 0 Å². The molecule has 0 radical (unpaired) electrons. The van der Waals surface area contributed by atoms with Crippen molar-refractivity contribution in [2.45, 2.75) is 52.6 Å². The molecule has 0 heterocycles. The lowest BCUT2D eigenvalue weighted by Crippen LogP contribution is -2.43. The zero-order valence-electron chi connectivity index (χ0n) is 8.22. The molecule has 1 nitrogen and oxygen atoms in total. The molecule has 0 amide bonds. The molecule has 1 saturated carbocycles. The Hall–Kier alpha value is -0.0400. The minimum absolute atomic E-state index is 0.640. The first kappa shape index (κ1) is 9.05. The van der Waals surface area contributed by atoms with Crippen molar-refractivity contribution >= 4 is 0 Å². The molecule has 0 aromatic carbocycles. The molecule has 1 unspecified atom stereocenters. The van der Waals surface area contributed by atoms with Gasteiger partial charge >= 0.3 is 0 Å². The van der Waals surface area contributed by atoms with E-state index in [9.17, 15) is 0 Å². The van der Waals surface area contributed by atoms with Gasteiger partial charge in [0.05, 0.1) is 0 Å². The molecule has 1 heteroatoms. The monoisotopic (exact) mass is 155 g/mol. The SMILES string of the molecule is CC1CC(C(C)NC(C)C)C1. The molecule has 11 heavy (non-hydrogen) atoms. The van der Waals surface area contributed by atoms with Crippen LogP contribution in [0.4, 0.5) is 0 Å². The third-order valence-electron chi connectivity index (χ3n) is 2.71. The van der Waals surface area contributed by atoms with Gasteiger partial charge in [-0.3, -0.25) is 0 Å². The first-order valence-corrected chi connectivity index (χ1v) is 4.85. The summed E-state index contributed by atoms with van der Waals surface area (Å²) < 4.78 is 0. The fourth-order valence-electron chi connectivity index (χ4n) is 2.03. The minimum atomic E-state index is 0.640. The van der Waals surface area contributed by atoms with E-state index in [0.29, 0.717) is 6.04 Å². The number of rotatable bonds is 3. The van der Waals surface area contributed by atoms with Gasteiger partial charge in [-0.05, 0) is 31.6 Å². The van der Waals surface area contributed by atoms with Crippen LogP contribution in [0.15, 0.2) is 0 Å². The molecule has 1 aliphatic carbocycles. The third kappa shape index (κ3) is 2.48. The minimum Gasteiger partial charge on any atom is -0.312 e. The average molecular weight is 155 g/mol. The zero-order chi connectivity index (χ0) is 8.43. The Morgan fingerprint density at radius 3 is 2.09 bits per heavy atom. The van der Waals surface area contributed by atoms with Gasteiger partial charge in [0.25, 0.3) is 0 Å². The Bertz CT molecular complexity index is 114. The molecular formula is C10H21N. The summed E-state index contributed by atoms with van der Waals surface area (Å²) in [4.78, 5) is 0. The molecule has 1 aliphatic rings. The maximum Gasteiger partial charge on any atom is 0.00695 e. The van der Waals surface area contributed by atoms with Crippen LogP contribution in [0, 0.1) is 11.8 Å². The van der Waals surface area contributed by atoms with Crippen molar-refractivity contribution in [2.24, 2.45) is 11.8 Å². The van der Waals surface area contributed by atoms with Crippen LogP contribution in [0.2, 0.25) is 0 Å². The maximum atomic E-state index is 3.57. The van der Waals surface area contributed by atoms with Crippen molar-refractivity contribution in [1.82, 2.24) is 5.32 Å². The van der Waals surface area contributed by atoms with Crippen LogP contribution < -0.4 is 5.32 Å². The van der Waals surface area contributed by atoms with Gasteiger partial charge in [0.1, 0.15) is 0 Å². The molecule has 0 aromatic heterocycles. The Morgan fingerprint density at radius 1 is 1.18 bits per heavy atom. The first-order valence-electron chi connectivity index (χ1n) is 4.85. The summed E-state index contributed by atoms with van der Waals surface area (Å²) in [6, 6.07) is 1.37. The maximum absolute atomic E-state index is 3.57. The van der Waals surface area contributed by atoms with Crippen LogP contribution in [0.5, 0.6) is 0 Å². The van der Waals surface area contributed by atoms with E-state index in [1.807, 2.05) is 0 Å². The summed E-state index contributed by atoms with van der Waals surface area (Å²) >= 11 is 0. The van der Waals surface area contributed by atoms with Crippen LogP contribution >= 0.6 is 0 Å².